The van der Waals surface area contributed by atoms with Gasteiger partial charge in [0.1, 0.15) is 17.3 Å². The van der Waals surface area contributed by atoms with E-state index in [4.69, 9.17) is 18.9 Å². The predicted molar refractivity (Wildman–Crippen MR) is 131 cm³/mol. The van der Waals surface area contributed by atoms with Gasteiger partial charge in [0.05, 0.1) is 30.3 Å². The highest BCUT2D eigenvalue weighted by Crippen LogP contribution is 2.80. The van der Waals surface area contributed by atoms with Crippen molar-refractivity contribution in [3.63, 3.8) is 0 Å². The number of aliphatic hydroxyl groups is 2. The van der Waals surface area contributed by atoms with Crippen LogP contribution in [-0.4, -0.2) is 97.2 Å². The first-order valence-corrected chi connectivity index (χ1v) is 14.0. The van der Waals surface area contributed by atoms with Gasteiger partial charge < -0.3 is 29.2 Å². The summed E-state index contributed by atoms with van der Waals surface area (Å²) in [5, 5.41) is 26.0. The lowest BCUT2D eigenvalue weighted by atomic mass is 9.43. The van der Waals surface area contributed by atoms with Gasteiger partial charge in [0.2, 0.25) is 0 Å². The number of hydrogen-bond donors (Lipinski definition) is 2. The maximum absolute atomic E-state index is 13.1. The van der Waals surface area contributed by atoms with Gasteiger partial charge in [0.25, 0.3) is 0 Å². The summed E-state index contributed by atoms with van der Waals surface area (Å²) >= 11 is 0. The van der Waals surface area contributed by atoms with Gasteiger partial charge in [0.15, 0.2) is 0 Å². The van der Waals surface area contributed by atoms with E-state index in [1.54, 1.807) is 21.3 Å². The molecule has 0 radical (unpaired) electrons. The van der Waals surface area contributed by atoms with Gasteiger partial charge in [-0.3, -0.25) is 9.69 Å². The van der Waals surface area contributed by atoms with Gasteiger partial charge in [-0.2, -0.15) is 0 Å². The van der Waals surface area contributed by atoms with Crippen molar-refractivity contribution in [1.29, 1.82) is 0 Å². The zero-order valence-corrected chi connectivity index (χ0v) is 22.9. The average Bonchev–Trinajstić information content (AvgIpc) is 3.24. The average molecular weight is 508 g/mol. The summed E-state index contributed by atoms with van der Waals surface area (Å²) in [5.74, 6) is -0.891. The monoisotopic (exact) mass is 507 g/mol. The third kappa shape index (κ3) is 2.56. The number of ether oxygens (including phenoxy) is 4. The highest BCUT2D eigenvalue weighted by Gasteiger charge is 2.91. The Labute approximate surface area is 215 Å². The molecule has 5 saturated carbocycles. The fraction of sp³-hybridized carbons (Fsp3) is 0.964. The van der Waals surface area contributed by atoms with Crippen molar-refractivity contribution >= 4 is 5.97 Å². The Morgan fingerprint density at radius 2 is 1.86 bits per heavy atom. The zero-order chi connectivity index (χ0) is 26.0. The number of nitrogens with zero attached hydrogens (tertiary/aromatic N) is 1. The van der Waals surface area contributed by atoms with Gasteiger partial charge in [-0.05, 0) is 37.1 Å². The van der Waals surface area contributed by atoms with Crippen LogP contribution in [0.15, 0.2) is 0 Å². The predicted octanol–water partition coefficient (Wildman–Crippen LogP) is 1.85. The fourth-order valence-corrected chi connectivity index (χ4v) is 11.1. The third-order valence-electron chi connectivity index (χ3n) is 12.0. The lowest BCUT2D eigenvalue weighted by molar-refractivity contribution is -0.318. The van der Waals surface area contributed by atoms with E-state index in [2.05, 4.69) is 18.7 Å². The van der Waals surface area contributed by atoms with E-state index in [0.717, 1.165) is 32.4 Å². The molecule has 1 spiro atoms. The van der Waals surface area contributed by atoms with Crippen molar-refractivity contribution in [2.24, 2.45) is 40.4 Å². The van der Waals surface area contributed by atoms with Gasteiger partial charge in [-0.25, -0.2) is 0 Å². The lowest BCUT2D eigenvalue weighted by Crippen LogP contribution is -2.81. The van der Waals surface area contributed by atoms with Crippen LogP contribution in [0.3, 0.4) is 0 Å². The standard InChI is InChI=1S/C28H45NO7/c1-8-29-13-25(4)10-9-18(34-6)27-16-11-15-17(33-5)12-26(31,19(16)20(15)36-23(30)14(2)3)28(32,24(27)29)22(35-7)21(25)27/h14-22,24,31-32H,8-13H2,1-7H3. The molecule has 36 heavy (non-hydrogen) atoms. The molecule has 1 saturated heterocycles. The SMILES string of the molecule is CCN1CC2(C)CCC(OC)C34C5CC6C(OC)CC(O)(C5C6OC(=O)C(C)C)C(O)(C(OC)C23)C14. The second-order valence-corrected chi connectivity index (χ2v) is 13.3. The highest BCUT2D eigenvalue weighted by atomic mass is 16.6. The van der Waals surface area contributed by atoms with E-state index in [0.29, 0.717) is 6.42 Å². The molecule has 8 heteroatoms. The van der Waals surface area contributed by atoms with Crippen molar-refractivity contribution in [1.82, 2.24) is 4.90 Å². The molecule has 0 amide bonds. The van der Waals surface area contributed by atoms with Crippen LogP contribution in [0.1, 0.15) is 53.4 Å². The maximum atomic E-state index is 13.1. The van der Waals surface area contributed by atoms with Crippen molar-refractivity contribution < 1.29 is 34.0 Å². The molecule has 204 valence electrons. The molecule has 8 nitrogen and oxygen atoms in total. The Hall–Kier alpha value is -0.770. The minimum absolute atomic E-state index is 0.0203. The summed E-state index contributed by atoms with van der Waals surface area (Å²) in [6.45, 7) is 9.82. The van der Waals surface area contributed by atoms with Crippen LogP contribution in [0.5, 0.6) is 0 Å². The minimum Gasteiger partial charge on any atom is -0.461 e. The second-order valence-electron chi connectivity index (χ2n) is 13.3. The van der Waals surface area contributed by atoms with Crippen LogP contribution in [0, 0.1) is 40.4 Å². The summed E-state index contributed by atoms with van der Waals surface area (Å²) < 4.78 is 24.8. The van der Waals surface area contributed by atoms with Crippen molar-refractivity contribution in [2.45, 2.75) is 95.0 Å². The molecular weight excluding hydrogens is 462 g/mol. The van der Waals surface area contributed by atoms with Gasteiger partial charge >= 0.3 is 5.97 Å². The molecule has 2 N–H and O–H groups in total. The molecule has 13 unspecified atom stereocenters. The van der Waals surface area contributed by atoms with E-state index in [1.165, 1.54) is 0 Å². The van der Waals surface area contributed by atoms with Gasteiger partial charge in [0, 0.05) is 57.5 Å². The number of likely N-dealkylation sites (tertiary alicyclic amines) is 1. The van der Waals surface area contributed by atoms with E-state index in [-0.39, 0.29) is 53.3 Å². The molecule has 0 aromatic rings. The number of hydrogen-bond acceptors (Lipinski definition) is 8. The van der Waals surface area contributed by atoms with E-state index in [9.17, 15) is 15.0 Å². The molecule has 6 rings (SSSR count). The second kappa shape index (κ2) is 7.89. The number of carbonyl (C=O) groups excluding carboxylic acids is 1. The Morgan fingerprint density at radius 3 is 2.44 bits per heavy atom. The topological polar surface area (TPSA) is 97.7 Å². The Kier molecular flexibility index (Phi) is 5.59. The molecule has 1 heterocycles. The summed E-state index contributed by atoms with van der Waals surface area (Å²) in [4.78, 5) is 15.4. The normalized spacial score (nSPS) is 56.8. The first-order chi connectivity index (χ1) is 17.0. The van der Waals surface area contributed by atoms with Crippen LogP contribution in [0.4, 0.5) is 0 Å². The van der Waals surface area contributed by atoms with E-state index < -0.39 is 34.7 Å². The smallest absolute Gasteiger partial charge is 0.308 e. The molecule has 5 aliphatic carbocycles. The number of fused-ring (bicyclic) bond motifs is 2. The Balaban J connectivity index is 1.62. The number of piperidine rings is 1. The molecule has 6 fully saturated rings. The molecule has 1 aliphatic heterocycles. The molecule has 13 atom stereocenters. The largest absolute Gasteiger partial charge is 0.461 e. The van der Waals surface area contributed by atoms with Crippen LogP contribution in [-0.2, 0) is 23.7 Å². The van der Waals surface area contributed by atoms with Crippen LogP contribution in [0.25, 0.3) is 0 Å². The van der Waals surface area contributed by atoms with Crippen LogP contribution in [0.2, 0.25) is 0 Å². The van der Waals surface area contributed by atoms with E-state index in [1.807, 2.05) is 13.8 Å². The first-order valence-electron chi connectivity index (χ1n) is 14.0. The molecule has 0 aromatic heterocycles. The van der Waals surface area contributed by atoms with Crippen molar-refractivity contribution in [3.8, 4) is 0 Å². The van der Waals surface area contributed by atoms with Crippen molar-refractivity contribution in [2.75, 3.05) is 34.4 Å². The van der Waals surface area contributed by atoms with Gasteiger partial charge in [-0.15, -0.1) is 0 Å². The van der Waals surface area contributed by atoms with Crippen LogP contribution >= 0.6 is 0 Å². The summed E-state index contributed by atoms with van der Waals surface area (Å²) in [6.07, 6.45) is 1.56. The molecule has 0 aromatic carbocycles. The number of methoxy groups -OCH3 is 3. The Morgan fingerprint density at radius 1 is 1.14 bits per heavy atom. The maximum Gasteiger partial charge on any atom is 0.308 e. The first kappa shape index (κ1) is 25.5. The van der Waals surface area contributed by atoms with E-state index >= 15 is 0 Å². The lowest BCUT2D eigenvalue weighted by Gasteiger charge is -2.69. The van der Waals surface area contributed by atoms with Crippen molar-refractivity contribution in [3.05, 3.63) is 0 Å². The number of rotatable bonds is 6. The third-order valence-corrected chi connectivity index (χ3v) is 12.0. The van der Waals surface area contributed by atoms with Crippen LogP contribution < -0.4 is 0 Å². The number of carbonyl (C=O) groups is 1. The summed E-state index contributed by atoms with van der Waals surface area (Å²) in [6, 6.07) is -0.301. The van der Waals surface area contributed by atoms with Gasteiger partial charge in [-0.1, -0.05) is 27.7 Å². The minimum atomic E-state index is -1.54. The summed E-state index contributed by atoms with van der Waals surface area (Å²) in [7, 11) is 5.14. The highest BCUT2D eigenvalue weighted by molar-refractivity contribution is 5.72. The number of likely N-dealkylation sites (N-methyl/N-ethyl adjacent to an activating group) is 1. The fourth-order valence-electron chi connectivity index (χ4n) is 11.1. The molecule has 7 bridgehead atoms. The Bertz CT molecular complexity index is 930. The zero-order valence-electron chi connectivity index (χ0n) is 22.9. The number of esters is 1. The summed E-state index contributed by atoms with van der Waals surface area (Å²) in [5.41, 5.74) is -3.55. The molecular formula is C28H45NO7. The quantitative estimate of drug-likeness (QED) is 0.526. The molecule has 6 aliphatic rings.